The molecule has 0 fully saturated rings. The zero-order chi connectivity index (χ0) is 13.8. The van der Waals surface area contributed by atoms with Gasteiger partial charge < -0.3 is 5.11 Å². The number of rotatable bonds is 6. The molecule has 1 rings (SSSR count). The number of aliphatic hydroxyl groups is 1. The highest BCUT2D eigenvalue weighted by Crippen LogP contribution is 2.20. The van der Waals surface area contributed by atoms with Crippen molar-refractivity contribution in [3.8, 4) is 0 Å². The molecule has 0 aliphatic rings. The summed E-state index contributed by atoms with van der Waals surface area (Å²) >= 11 is 5.67. The summed E-state index contributed by atoms with van der Waals surface area (Å²) in [5, 5.41) is 9.10. The third kappa shape index (κ3) is 3.91. The Morgan fingerprint density at radius 3 is 2.72 bits per heavy atom. The first kappa shape index (κ1) is 15.4. The summed E-state index contributed by atoms with van der Waals surface area (Å²) in [6.45, 7) is 3.53. The van der Waals surface area contributed by atoms with Crippen molar-refractivity contribution in [3.63, 3.8) is 0 Å². The first-order chi connectivity index (χ1) is 8.33. The van der Waals surface area contributed by atoms with Gasteiger partial charge in [0.25, 0.3) is 0 Å². The van der Waals surface area contributed by atoms with Crippen LogP contribution in [0.25, 0.3) is 0 Å². The van der Waals surface area contributed by atoms with Crippen LogP contribution >= 0.6 is 11.6 Å². The standard InChI is InChI=1S/C11H17ClN2O3S/c1-3-11(2,5-7-15)14-18(16,17)9-4-6-13-10(12)8-9/h4,6,8,14-15H,3,5,7H2,1-2H3. The summed E-state index contributed by atoms with van der Waals surface area (Å²) in [4.78, 5) is 3.81. The zero-order valence-corrected chi connectivity index (χ0v) is 11.9. The van der Waals surface area contributed by atoms with Gasteiger partial charge in [0.1, 0.15) is 5.15 Å². The van der Waals surface area contributed by atoms with E-state index < -0.39 is 15.6 Å². The van der Waals surface area contributed by atoms with E-state index in [1.165, 1.54) is 18.3 Å². The molecule has 1 aromatic heterocycles. The van der Waals surface area contributed by atoms with Gasteiger partial charge >= 0.3 is 0 Å². The van der Waals surface area contributed by atoms with Crippen molar-refractivity contribution in [3.05, 3.63) is 23.5 Å². The van der Waals surface area contributed by atoms with E-state index >= 15 is 0 Å². The fourth-order valence-electron chi connectivity index (χ4n) is 1.48. The lowest BCUT2D eigenvalue weighted by Gasteiger charge is -2.28. The van der Waals surface area contributed by atoms with Crippen LogP contribution in [0, 0.1) is 0 Å². The Kier molecular flexibility index (Phi) is 5.10. The van der Waals surface area contributed by atoms with E-state index in [2.05, 4.69) is 9.71 Å². The Labute approximate surface area is 112 Å². The first-order valence-electron chi connectivity index (χ1n) is 5.59. The van der Waals surface area contributed by atoms with E-state index in [0.29, 0.717) is 12.8 Å². The summed E-state index contributed by atoms with van der Waals surface area (Å²) in [6.07, 6.45) is 2.26. The first-order valence-corrected chi connectivity index (χ1v) is 7.45. The van der Waals surface area contributed by atoms with Crippen LogP contribution in [0.3, 0.4) is 0 Å². The maximum atomic E-state index is 12.2. The molecule has 1 atom stereocenters. The number of nitrogens with one attached hydrogen (secondary N) is 1. The summed E-state index contributed by atoms with van der Waals surface area (Å²) in [7, 11) is -3.66. The van der Waals surface area contributed by atoms with E-state index in [-0.39, 0.29) is 16.7 Å². The van der Waals surface area contributed by atoms with Crippen molar-refractivity contribution in [1.29, 1.82) is 0 Å². The van der Waals surface area contributed by atoms with Crippen molar-refractivity contribution >= 4 is 21.6 Å². The van der Waals surface area contributed by atoms with Gasteiger partial charge in [-0.3, -0.25) is 0 Å². The van der Waals surface area contributed by atoms with Gasteiger partial charge in [-0.1, -0.05) is 18.5 Å². The van der Waals surface area contributed by atoms with E-state index in [9.17, 15) is 8.42 Å². The van der Waals surface area contributed by atoms with Gasteiger partial charge in [0.2, 0.25) is 10.0 Å². The maximum Gasteiger partial charge on any atom is 0.241 e. The number of aliphatic hydroxyl groups excluding tert-OH is 1. The molecule has 0 aromatic carbocycles. The molecule has 2 N–H and O–H groups in total. The van der Waals surface area contributed by atoms with Gasteiger partial charge in [-0.15, -0.1) is 0 Å². The van der Waals surface area contributed by atoms with Gasteiger partial charge in [-0.05, 0) is 31.9 Å². The Bertz CT molecular complexity index is 507. The van der Waals surface area contributed by atoms with Crippen LogP contribution in [0.15, 0.2) is 23.2 Å². The highest BCUT2D eigenvalue weighted by Gasteiger charge is 2.28. The van der Waals surface area contributed by atoms with Crippen LogP contribution in [0.2, 0.25) is 5.15 Å². The highest BCUT2D eigenvalue weighted by atomic mass is 35.5. The van der Waals surface area contributed by atoms with Crippen LogP contribution in [-0.2, 0) is 10.0 Å². The molecule has 0 radical (unpaired) electrons. The van der Waals surface area contributed by atoms with Crippen LogP contribution in [0.1, 0.15) is 26.7 Å². The number of hydrogen-bond donors (Lipinski definition) is 2. The zero-order valence-electron chi connectivity index (χ0n) is 10.4. The van der Waals surface area contributed by atoms with Gasteiger partial charge in [0, 0.05) is 18.3 Å². The molecule has 0 saturated heterocycles. The number of pyridine rings is 1. The fourth-order valence-corrected chi connectivity index (χ4v) is 3.24. The quantitative estimate of drug-likeness (QED) is 0.780. The molecule has 0 spiro atoms. The largest absolute Gasteiger partial charge is 0.396 e. The molecule has 1 unspecified atom stereocenters. The number of sulfonamides is 1. The minimum Gasteiger partial charge on any atom is -0.396 e. The van der Waals surface area contributed by atoms with Crippen LogP contribution < -0.4 is 4.72 Å². The summed E-state index contributed by atoms with van der Waals surface area (Å²) in [6, 6.07) is 2.67. The molecule has 1 aromatic rings. The summed E-state index contributed by atoms with van der Waals surface area (Å²) < 4.78 is 26.9. The van der Waals surface area contributed by atoms with Crippen molar-refractivity contribution in [2.24, 2.45) is 0 Å². The van der Waals surface area contributed by atoms with Crippen molar-refractivity contribution in [1.82, 2.24) is 9.71 Å². The summed E-state index contributed by atoms with van der Waals surface area (Å²) in [5.74, 6) is 0. The van der Waals surface area contributed by atoms with Gasteiger partial charge in [-0.2, -0.15) is 0 Å². The van der Waals surface area contributed by atoms with Crippen LogP contribution in [-0.4, -0.2) is 30.7 Å². The second-order valence-corrected chi connectivity index (χ2v) is 6.38. The predicted octanol–water partition coefficient (Wildman–Crippen LogP) is 1.56. The predicted molar refractivity (Wildman–Crippen MR) is 70.0 cm³/mol. The number of halogens is 1. The Hall–Kier alpha value is -0.690. The fraction of sp³-hybridized carbons (Fsp3) is 0.545. The SMILES string of the molecule is CCC(C)(CCO)NS(=O)(=O)c1ccnc(Cl)c1. The average molecular weight is 293 g/mol. The lowest BCUT2D eigenvalue weighted by atomic mass is 9.97. The molecule has 0 aliphatic carbocycles. The normalized spacial score (nSPS) is 15.3. The molecule has 5 nitrogen and oxygen atoms in total. The molecule has 0 amide bonds. The van der Waals surface area contributed by atoms with Gasteiger partial charge in [0.15, 0.2) is 0 Å². The highest BCUT2D eigenvalue weighted by molar-refractivity contribution is 7.89. The molecule has 102 valence electrons. The Morgan fingerprint density at radius 1 is 1.56 bits per heavy atom. The molecule has 1 heterocycles. The number of hydrogen-bond acceptors (Lipinski definition) is 4. The monoisotopic (exact) mass is 292 g/mol. The third-order valence-electron chi connectivity index (χ3n) is 2.83. The van der Waals surface area contributed by atoms with Crippen molar-refractivity contribution in [2.45, 2.75) is 37.1 Å². The lowest BCUT2D eigenvalue weighted by Crippen LogP contribution is -2.46. The molecule has 0 saturated carbocycles. The van der Waals surface area contributed by atoms with E-state index in [0.717, 1.165) is 0 Å². The molecule has 0 bridgehead atoms. The second kappa shape index (κ2) is 5.97. The minimum atomic E-state index is -3.66. The number of nitrogens with zero attached hydrogens (tertiary/aromatic N) is 1. The van der Waals surface area contributed by atoms with Gasteiger partial charge in [-0.25, -0.2) is 18.1 Å². The van der Waals surface area contributed by atoms with E-state index in [1.54, 1.807) is 6.92 Å². The minimum absolute atomic E-state index is 0.0696. The third-order valence-corrected chi connectivity index (χ3v) is 4.68. The maximum absolute atomic E-state index is 12.2. The number of aromatic nitrogens is 1. The van der Waals surface area contributed by atoms with Crippen LogP contribution in [0.5, 0.6) is 0 Å². The van der Waals surface area contributed by atoms with E-state index in [1.807, 2.05) is 6.92 Å². The van der Waals surface area contributed by atoms with Crippen LogP contribution in [0.4, 0.5) is 0 Å². The second-order valence-electron chi connectivity index (χ2n) is 4.31. The average Bonchev–Trinajstić information content (AvgIpc) is 2.28. The van der Waals surface area contributed by atoms with E-state index in [4.69, 9.17) is 16.7 Å². The van der Waals surface area contributed by atoms with Gasteiger partial charge in [0.05, 0.1) is 4.90 Å². The molecule has 0 aliphatic heterocycles. The molecular weight excluding hydrogens is 276 g/mol. The summed E-state index contributed by atoms with van der Waals surface area (Å²) in [5.41, 5.74) is -0.677. The Morgan fingerprint density at radius 2 is 2.22 bits per heavy atom. The Balaban J connectivity index is 3.01. The van der Waals surface area contributed by atoms with Crippen molar-refractivity contribution < 1.29 is 13.5 Å². The molecule has 7 heteroatoms. The lowest BCUT2D eigenvalue weighted by molar-refractivity contribution is 0.233. The smallest absolute Gasteiger partial charge is 0.241 e. The molecule has 18 heavy (non-hydrogen) atoms. The topological polar surface area (TPSA) is 79.3 Å². The van der Waals surface area contributed by atoms with Crippen molar-refractivity contribution in [2.75, 3.05) is 6.61 Å². The molecular formula is C11H17ClN2O3S.